The van der Waals surface area contributed by atoms with Crippen molar-refractivity contribution in [1.29, 1.82) is 0 Å². The topological polar surface area (TPSA) is 18.5 Å². The Bertz CT molecular complexity index is 613. The third-order valence-corrected chi connectivity index (χ3v) is 9.21. The van der Waals surface area contributed by atoms with E-state index < -0.39 is 8.56 Å². The van der Waals surface area contributed by atoms with E-state index in [0.717, 1.165) is 25.9 Å². The van der Waals surface area contributed by atoms with Gasteiger partial charge >= 0.3 is 8.56 Å². The summed E-state index contributed by atoms with van der Waals surface area (Å²) in [5.41, 5.74) is 0. The molecule has 0 N–H and O–H groups in total. The Morgan fingerprint density at radius 2 is 1.29 bits per heavy atom. The summed E-state index contributed by atoms with van der Waals surface area (Å²) in [6, 6.07) is 21.4. The van der Waals surface area contributed by atoms with Crippen molar-refractivity contribution in [2.45, 2.75) is 77.2 Å². The molecule has 0 amide bonds. The Balaban J connectivity index is 1.78. The molecule has 0 aliphatic heterocycles. The first-order valence-electron chi connectivity index (χ1n) is 11.3. The molecule has 2 aromatic rings. The maximum Gasteiger partial charge on any atom is 0.407 e. The molecule has 0 heterocycles. The molecule has 1 aliphatic carbocycles. The van der Waals surface area contributed by atoms with Crippen molar-refractivity contribution in [3.05, 3.63) is 60.7 Å². The normalized spacial score (nSPS) is 15.2. The fourth-order valence-corrected chi connectivity index (χ4v) is 7.56. The molecule has 0 saturated heterocycles. The van der Waals surface area contributed by atoms with Gasteiger partial charge in [0.2, 0.25) is 0 Å². The molecule has 1 aliphatic rings. The molecule has 0 unspecified atom stereocenters. The van der Waals surface area contributed by atoms with Crippen LogP contribution in [0.5, 0.6) is 0 Å². The lowest BCUT2D eigenvalue weighted by Gasteiger charge is -2.34. The highest BCUT2D eigenvalue weighted by Crippen LogP contribution is 2.25. The Morgan fingerprint density at radius 3 is 1.86 bits per heavy atom. The summed E-state index contributed by atoms with van der Waals surface area (Å²) in [7, 11) is -2.69. The van der Waals surface area contributed by atoms with Crippen LogP contribution in [0.4, 0.5) is 0 Å². The van der Waals surface area contributed by atoms with E-state index in [9.17, 15) is 0 Å². The first-order chi connectivity index (χ1) is 13.8. The SMILES string of the molecule is CCCCCCCCO[Si](OC1CCCC1)(c1ccccc1)c1ccccc1. The zero-order valence-corrected chi connectivity index (χ0v) is 18.4. The molecule has 3 rings (SSSR count). The largest absolute Gasteiger partial charge is 0.407 e. The molecule has 0 atom stereocenters. The molecule has 2 nitrogen and oxygen atoms in total. The molecular formula is C25H36O2Si. The summed E-state index contributed by atoms with van der Waals surface area (Å²) in [6.45, 7) is 3.05. The zero-order chi connectivity index (χ0) is 19.5. The van der Waals surface area contributed by atoms with Crippen LogP contribution in [0.1, 0.15) is 71.1 Å². The first-order valence-corrected chi connectivity index (χ1v) is 13.1. The second-order valence-electron chi connectivity index (χ2n) is 7.99. The minimum Gasteiger partial charge on any atom is -0.388 e. The first kappa shape index (κ1) is 21.3. The third-order valence-electron chi connectivity index (χ3n) is 5.75. The average molecular weight is 397 g/mol. The van der Waals surface area contributed by atoms with Crippen LogP contribution in [0.25, 0.3) is 0 Å². The Kier molecular flexibility index (Phi) is 8.78. The predicted octanol–water partition coefficient (Wildman–Crippen LogP) is 5.58. The van der Waals surface area contributed by atoms with E-state index in [4.69, 9.17) is 8.85 Å². The highest BCUT2D eigenvalue weighted by molar-refractivity contribution is 6.92. The Labute approximate surface area is 172 Å². The number of hydrogen-bond donors (Lipinski definition) is 0. The van der Waals surface area contributed by atoms with Crippen molar-refractivity contribution >= 4 is 18.9 Å². The molecule has 0 aromatic heterocycles. The highest BCUT2D eigenvalue weighted by atomic mass is 28.4. The summed E-state index contributed by atoms with van der Waals surface area (Å²) in [6.07, 6.45) is 12.9. The second-order valence-corrected chi connectivity index (χ2v) is 10.9. The minimum atomic E-state index is -2.69. The smallest absolute Gasteiger partial charge is 0.388 e. The number of unbranched alkanes of at least 4 members (excludes halogenated alkanes) is 5. The van der Waals surface area contributed by atoms with Crippen LogP contribution >= 0.6 is 0 Å². The van der Waals surface area contributed by atoms with Crippen LogP contribution in [0, 0.1) is 0 Å². The molecule has 2 aromatic carbocycles. The standard InChI is InChI=1S/C25H36O2Si/c1-2-3-4-5-6-15-22-26-28(24-18-9-7-10-19-24,25-20-11-8-12-21-25)27-23-16-13-14-17-23/h7-12,18-21,23H,2-6,13-17,22H2,1H3. The highest BCUT2D eigenvalue weighted by Gasteiger charge is 2.45. The number of rotatable bonds is 12. The summed E-state index contributed by atoms with van der Waals surface area (Å²) in [4.78, 5) is 0. The van der Waals surface area contributed by atoms with Gasteiger partial charge in [0.15, 0.2) is 0 Å². The summed E-state index contributed by atoms with van der Waals surface area (Å²) >= 11 is 0. The van der Waals surface area contributed by atoms with E-state index in [0.29, 0.717) is 6.10 Å². The quantitative estimate of drug-likeness (QED) is 0.344. The van der Waals surface area contributed by atoms with E-state index >= 15 is 0 Å². The van der Waals surface area contributed by atoms with Gasteiger partial charge in [0.05, 0.1) is 0 Å². The van der Waals surface area contributed by atoms with Gasteiger partial charge in [-0.2, -0.15) is 0 Å². The fourth-order valence-electron chi connectivity index (χ4n) is 4.16. The van der Waals surface area contributed by atoms with Gasteiger partial charge in [0.25, 0.3) is 0 Å². The minimum absolute atomic E-state index is 0.330. The van der Waals surface area contributed by atoms with E-state index in [1.165, 1.54) is 55.3 Å². The van der Waals surface area contributed by atoms with Crippen molar-refractivity contribution in [1.82, 2.24) is 0 Å². The van der Waals surface area contributed by atoms with Crippen LogP contribution in [0.15, 0.2) is 60.7 Å². The van der Waals surface area contributed by atoms with Gasteiger partial charge in [-0.3, -0.25) is 0 Å². The predicted molar refractivity (Wildman–Crippen MR) is 121 cm³/mol. The van der Waals surface area contributed by atoms with E-state index in [1.807, 2.05) is 0 Å². The van der Waals surface area contributed by atoms with Gasteiger partial charge in [0, 0.05) is 12.7 Å². The molecule has 0 radical (unpaired) electrons. The Hall–Kier alpha value is -1.42. The maximum absolute atomic E-state index is 6.93. The number of hydrogen-bond acceptors (Lipinski definition) is 2. The summed E-state index contributed by atoms with van der Waals surface area (Å²) in [5.74, 6) is 0. The molecule has 3 heteroatoms. The van der Waals surface area contributed by atoms with E-state index in [1.54, 1.807) is 0 Å². The van der Waals surface area contributed by atoms with E-state index in [-0.39, 0.29) is 0 Å². The van der Waals surface area contributed by atoms with Crippen LogP contribution in [-0.2, 0) is 8.85 Å². The lowest BCUT2D eigenvalue weighted by Crippen LogP contribution is -2.64. The fraction of sp³-hybridized carbons (Fsp3) is 0.520. The molecule has 28 heavy (non-hydrogen) atoms. The van der Waals surface area contributed by atoms with Crippen molar-refractivity contribution in [2.24, 2.45) is 0 Å². The van der Waals surface area contributed by atoms with Crippen molar-refractivity contribution < 1.29 is 8.85 Å². The zero-order valence-electron chi connectivity index (χ0n) is 17.4. The average Bonchev–Trinajstić information content (AvgIpc) is 3.26. The van der Waals surface area contributed by atoms with Gasteiger partial charge in [-0.25, -0.2) is 0 Å². The van der Waals surface area contributed by atoms with Gasteiger partial charge in [0.1, 0.15) is 0 Å². The van der Waals surface area contributed by atoms with Gasteiger partial charge < -0.3 is 8.85 Å². The summed E-state index contributed by atoms with van der Waals surface area (Å²) in [5, 5.41) is 2.47. The van der Waals surface area contributed by atoms with Crippen molar-refractivity contribution in [2.75, 3.05) is 6.61 Å². The number of benzene rings is 2. The molecule has 1 saturated carbocycles. The lowest BCUT2D eigenvalue weighted by molar-refractivity contribution is 0.133. The van der Waals surface area contributed by atoms with Gasteiger partial charge in [-0.05, 0) is 29.6 Å². The molecule has 0 bridgehead atoms. The molecule has 1 fully saturated rings. The van der Waals surface area contributed by atoms with Crippen molar-refractivity contribution in [3.63, 3.8) is 0 Å². The maximum atomic E-state index is 6.93. The third kappa shape index (κ3) is 5.79. The molecular weight excluding hydrogens is 360 g/mol. The second kappa shape index (κ2) is 11.5. The summed E-state index contributed by atoms with van der Waals surface area (Å²) < 4.78 is 13.7. The monoisotopic (exact) mass is 396 g/mol. The van der Waals surface area contributed by atoms with Crippen molar-refractivity contribution in [3.8, 4) is 0 Å². The van der Waals surface area contributed by atoms with Crippen LogP contribution in [-0.4, -0.2) is 21.3 Å². The van der Waals surface area contributed by atoms with E-state index in [2.05, 4.69) is 67.6 Å². The van der Waals surface area contributed by atoms with Crippen LogP contribution in [0.2, 0.25) is 0 Å². The van der Waals surface area contributed by atoms with Gasteiger partial charge in [-0.1, -0.05) is 113 Å². The van der Waals surface area contributed by atoms with Gasteiger partial charge in [-0.15, -0.1) is 0 Å². The van der Waals surface area contributed by atoms with Crippen LogP contribution < -0.4 is 10.4 Å². The molecule has 0 spiro atoms. The molecule has 152 valence electrons. The Morgan fingerprint density at radius 1 is 0.750 bits per heavy atom. The van der Waals surface area contributed by atoms with Crippen LogP contribution in [0.3, 0.4) is 0 Å². The lowest BCUT2D eigenvalue weighted by atomic mass is 10.1.